The molecule has 1 aliphatic heterocycles. The molecule has 5 heteroatoms. The molecule has 108 valence electrons. The zero-order chi connectivity index (χ0) is 13.7. The van der Waals surface area contributed by atoms with Crippen molar-refractivity contribution in [2.45, 2.75) is 19.9 Å². The third-order valence-electron chi connectivity index (χ3n) is 3.77. The molecule has 0 atom stereocenters. The van der Waals surface area contributed by atoms with Crippen LogP contribution in [0.25, 0.3) is 0 Å². The molecule has 0 aliphatic carbocycles. The summed E-state index contributed by atoms with van der Waals surface area (Å²) in [6, 6.07) is 0. The summed E-state index contributed by atoms with van der Waals surface area (Å²) in [6.45, 7) is 10.1. The predicted octanol–water partition coefficient (Wildman–Crippen LogP) is 0.320. The number of hydrogen-bond acceptors (Lipinski definition) is 4. The van der Waals surface area contributed by atoms with E-state index in [4.69, 9.17) is 0 Å². The van der Waals surface area contributed by atoms with Crippen LogP contribution in [0, 0.1) is 0 Å². The maximum absolute atomic E-state index is 4.50. The van der Waals surface area contributed by atoms with E-state index in [1.165, 1.54) is 30.9 Å². The Balaban J connectivity index is 1.78. The Kier molecular flexibility index (Phi) is 5.36. The van der Waals surface area contributed by atoms with E-state index in [9.17, 15) is 0 Å². The standard InChI is InChI=1S/C14H27N5/c1-4-14-13(12-18(3)16-14)11-17(2)9-10-19-7-5-15-6-8-19/h12,15H,4-11H2,1-3H3. The Bertz CT molecular complexity index is 381. The van der Waals surface area contributed by atoms with E-state index in [0.29, 0.717) is 0 Å². The van der Waals surface area contributed by atoms with Gasteiger partial charge in [-0.25, -0.2) is 0 Å². The average molecular weight is 265 g/mol. The van der Waals surface area contributed by atoms with E-state index in [1.54, 1.807) is 0 Å². The number of aryl methyl sites for hydroxylation is 2. The molecule has 19 heavy (non-hydrogen) atoms. The van der Waals surface area contributed by atoms with Crippen LogP contribution < -0.4 is 5.32 Å². The lowest BCUT2D eigenvalue weighted by molar-refractivity contribution is 0.202. The fourth-order valence-electron chi connectivity index (χ4n) is 2.63. The van der Waals surface area contributed by atoms with Crippen molar-refractivity contribution in [3.63, 3.8) is 0 Å². The Hall–Kier alpha value is -0.910. The zero-order valence-corrected chi connectivity index (χ0v) is 12.5. The van der Waals surface area contributed by atoms with E-state index in [1.807, 2.05) is 11.7 Å². The van der Waals surface area contributed by atoms with Crippen molar-refractivity contribution in [2.24, 2.45) is 7.05 Å². The summed E-state index contributed by atoms with van der Waals surface area (Å²) in [5, 5.41) is 7.90. The fourth-order valence-corrected chi connectivity index (χ4v) is 2.63. The minimum absolute atomic E-state index is 1.00. The maximum atomic E-state index is 4.50. The molecule has 2 heterocycles. The van der Waals surface area contributed by atoms with Crippen LogP contribution in [-0.4, -0.2) is 65.9 Å². The predicted molar refractivity (Wildman–Crippen MR) is 78.2 cm³/mol. The first kappa shape index (κ1) is 14.5. The van der Waals surface area contributed by atoms with Crippen molar-refractivity contribution in [3.8, 4) is 0 Å². The number of aromatic nitrogens is 2. The number of hydrogen-bond donors (Lipinski definition) is 1. The number of nitrogens with one attached hydrogen (secondary N) is 1. The van der Waals surface area contributed by atoms with Gasteiger partial charge in [-0.2, -0.15) is 5.10 Å². The molecule has 0 bridgehead atoms. The minimum atomic E-state index is 1.00. The lowest BCUT2D eigenvalue weighted by Crippen LogP contribution is -2.45. The molecule has 1 aromatic heterocycles. The first-order chi connectivity index (χ1) is 9.19. The largest absolute Gasteiger partial charge is 0.314 e. The zero-order valence-electron chi connectivity index (χ0n) is 12.5. The van der Waals surface area contributed by atoms with Gasteiger partial charge in [-0.3, -0.25) is 9.58 Å². The highest BCUT2D eigenvalue weighted by Crippen LogP contribution is 2.09. The summed E-state index contributed by atoms with van der Waals surface area (Å²) in [5.74, 6) is 0. The molecule has 1 N–H and O–H groups in total. The van der Waals surface area contributed by atoms with Gasteiger partial charge in [0.05, 0.1) is 5.69 Å². The van der Waals surface area contributed by atoms with Crippen molar-refractivity contribution in [1.29, 1.82) is 0 Å². The van der Waals surface area contributed by atoms with Crippen LogP contribution in [-0.2, 0) is 20.0 Å². The van der Waals surface area contributed by atoms with Crippen LogP contribution in [0.3, 0.4) is 0 Å². The van der Waals surface area contributed by atoms with Crippen LogP contribution in [0.2, 0.25) is 0 Å². The molecule has 1 fully saturated rings. The normalized spacial score (nSPS) is 17.3. The van der Waals surface area contributed by atoms with Crippen LogP contribution in [0.4, 0.5) is 0 Å². The van der Waals surface area contributed by atoms with Crippen molar-refractivity contribution in [3.05, 3.63) is 17.5 Å². The van der Waals surface area contributed by atoms with E-state index in [2.05, 4.69) is 40.4 Å². The van der Waals surface area contributed by atoms with E-state index in [-0.39, 0.29) is 0 Å². The van der Waals surface area contributed by atoms with Gasteiger partial charge >= 0.3 is 0 Å². The summed E-state index contributed by atoms with van der Waals surface area (Å²) in [5.41, 5.74) is 2.60. The SMILES string of the molecule is CCc1nn(C)cc1CN(C)CCN1CCNCC1. The third-order valence-corrected chi connectivity index (χ3v) is 3.77. The van der Waals surface area contributed by atoms with Crippen LogP contribution in [0.1, 0.15) is 18.2 Å². The monoisotopic (exact) mass is 265 g/mol. The summed E-state index contributed by atoms with van der Waals surface area (Å²) in [4.78, 5) is 4.94. The van der Waals surface area contributed by atoms with Crippen LogP contribution >= 0.6 is 0 Å². The summed E-state index contributed by atoms with van der Waals surface area (Å²) in [7, 11) is 4.21. The molecule has 5 nitrogen and oxygen atoms in total. The van der Waals surface area contributed by atoms with Gasteiger partial charge in [-0.15, -0.1) is 0 Å². The second-order valence-corrected chi connectivity index (χ2v) is 5.46. The molecule has 1 aliphatic rings. The second kappa shape index (κ2) is 7.03. The number of nitrogens with zero attached hydrogens (tertiary/aromatic N) is 4. The van der Waals surface area contributed by atoms with Gasteiger partial charge in [-0.1, -0.05) is 6.92 Å². The van der Waals surface area contributed by atoms with Crippen molar-refractivity contribution in [2.75, 3.05) is 46.3 Å². The van der Waals surface area contributed by atoms with Gasteiger partial charge < -0.3 is 10.2 Å². The van der Waals surface area contributed by atoms with E-state index < -0.39 is 0 Å². The Morgan fingerprint density at radius 2 is 2.11 bits per heavy atom. The number of likely N-dealkylation sites (N-methyl/N-ethyl adjacent to an activating group) is 1. The number of rotatable bonds is 6. The van der Waals surface area contributed by atoms with Gasteiger partial charge in [0.25, 0.3) is 0 Å². The van der Waals surface area contributed by atoms with Gasteiger partial charge in [0.1, 0.15) is 0 Å². The van der Waals surface area contributed by atoms with Gasteiger partial charge in [0, 0.05) is 64.6 Å². The Morgan fingerprint density at radius 3 is 2.79 bits per heavy atom. The highest BCUT2D eigenvalue weighted by Gasteiger charge is 2.12. The van der Waals surface area contributed by atoms with E-state index in [0.717, 1.165) is 32.6 Å². The third kappa shape index (κ3) is 4.30. The highest BCUT2D eigenvalue weighted by molar-refractivity contribution is 5.16. The lowest BCUT2D eigenvalue weighted by atomic mass is 10.2. The fraction of sp³-hybridized carbons (Fsp3) is 0.786. The molecular formula is C14H27N5. The Labute approximate surface area is 116 Å². The maximum Gasteiger partial charge on any atom is 0.0666 e. The smallest absolute Gasteiger partial charge is 0.0666 e. The molecule has 2 rings (SSSR count). The Morgan fingerprint density at radius 1 is 1.37 bits per heavy atom. The van der Waals surface area contributed by atoms with Crippen molar-refractivity contribution in [1.82, 2.24) is 24.9 Å². The number of piperazine rings is 1. The summed E-state index contributed by atoms with van der Waals surface area (Å²) < 4.78 is 1.93. The van der Waals surface area contributed by atoms with E-state index >= 15 is 0 Å². The van der Waals surface area contributed by atoms with Crippen LogP contribution in [0.5, 0.6) is 0 Å². The second-order valence-electron chi connectivity index (χ2n) is 5.46. The molecule has 1 saturated heterocycles. The van der Waals surface area contributed by atoms with Gasteiger partial charge in [-0.05, 0) is 13.5 Å². The summed E-state index contributed by atoms with van der Waals surface area (Å²) in [6.07, 6.45) is 3.17. The van der Waals surface area contributed by atoms with Crippen LogP contribution in [0.15, 0.2) is 6.20 Å². The summed E-state index contributed by atoms with van der Waals surface area (Å²) >= 11 is 0. The lowest BCUT2D eigenvalue weighted by Gasteiger charge is -2.29. The molecule has 0 unspecified atom stereocenters. The first-order valence-electron chi connectivity index (χ1n) is 7.32. The molecular weight excluding hydrogens is 238 g/mol. The van der Waals surface area contributed by atoms with Crippen molar-refractivity contribution < 1.29 is 0 Å². The molecule has 1 aromatic rings. The van der Waals surface area contributed by atoms with Gasteiger partial charge in [0.15, 0.2) is 0 Å². The molecule has 0 radical (unpaired) electrons. The van der Waals surface area contributed by atoms with Gasteiger partial charge in [0.2, 0.25) is 0 Å². The first-order valence-corrected chi connectivity index (χ1v) is 7.32. The minimum Gasteiger partial charge on any atom is -0.314 e. The molecule has 0 spiro atoms. The molecule has 0 aromatic carbocycles. The molecule has 0 amide bonds. The topological polar surface area (TPSA) is 36.3 Å². The molecule has 0 saturated carbocycles. The van der Waals surface area contributed by atoms with Crippen molar-refractivity contribution >= 4 is 0 Å². The quantitative estimate of drug-likeness (QED) is 0.804. The highest BCUT2D eigenvalue weighted by atomic mass is 15.3. The average Bonchev–Trinajstić information content (AvgIpc) is 2.77.